The molecule has 4 N–H and O–H groups in total. The van der Waals surface area contributed by atoms with Crippen molar-refractivity contribution in [2.24, 2.45) is 16.3 Å². The average Bonchev–Trinajstić information content (AvgIpc) is 2.29. The van der Waals surface area contributed by atoms with Crippen LogP contribution in [-0.2, 0) is 0 Å². The first-order valence-corrected chi connectivity index (χ1v) is 6.80. The molecular formula is C13H30N4. The maximum Gasteiger partial charge on any atom is 0.205 e. The Balaban J connectivity index is 4.04. The fraction of sp³-hybridized carbons (Fsp3) is 0.923. The van der Waals surface area contributed by atoms with E-state index >= 15 is 0 Å². The minimum Gasteiger partial charge on any atom is -0.355 e. The summed E-state index contributed by atoms with van der Waals surface area (Å²) in [5, 5.41) is 3.17. The van der Waals surface area contributed by atoms with Crippen LogP contribution in [0.5, 0.6) is 0 Å². The van der Waals surface area contributed by atoms with E-state index in [1.54, 1.807) is 0 Å². The summed E-state index contributed by atoms with van der Waals surface area (Å²) in [6, 6.07) is 0. The summed E-state index contributed by atoms with van der Waals surface area (Å²) in [5.74, 6) is 6.13. The number of nitrogens with zero attached hydrogens (tertiary/aromatic N) is 1. The van der Waals surface area contributed by atoms with Crippen LogP contribution in [0, 0.1) is 5.41 Å². The number of guanidine groups is 1. The van der Waals surface area contributed by atoms with Crippen molar-refractivity contribution in [1.82, 2.24) is 10.7 Å². The number of unbranched alkanes of at least 4 members (excludes halogenated alkanes) is 2. The summed E-state index contributed by atoms with van der Waals surface area (Å²) < 4.78 is 0. The zero-order valence-electron chi connectivity index (χ0n) is 12.0. The summed E-state index contributed by atoms with van der Waals surface area (Å²) in [5.41, 5.74) is 2.87. The van der Waals surface area contributed by atoms with Gasteiger partial charge < -0.3 is 5.32 Å². The van der Waals surface area contributed by atoms with Crippen molar-refractivity contribution >= 4 is 5.96 Å². The molecule has 0 fully saturated rings. The van der Waals surface area contributed by atoms with Gasteiger partial charge in [-0.05, 0) is 18.3 Å². The van der Waals surface area contributed by atoms with Crippen LogP contribution in [-0.4, -0.2) is 19.0 Å². The third-order valence-electron chi connectivity index (χ3n) is 2.80. The largest absolute Gasteiger partial charge is 0.355 e. The number of aliphatic imine (C=N–C) groups is 1. The van der Waals surface area contributed by atoms with Gasteiger partial charge in [-0.2, -0.15) is 0 Å². The fourth-order valence-electron chi connectivity index (χ4n) is 1.62. The number of rotatable bonds is 8. The topological polar surface area (TPSA) is 62.4 Å². The molecule has 0 rings (SSSR count). The van der Waals surface area contributed by atoms with E-state index in [1.165, 1.54) is 25.7 Å². The summed E-state index contributed by atoms with van der Waals surface area (Å²) >= 11 is 0. The number of nitrogens with two attached hydrogens (primary N) is 1. The van der Waals surface area contributed by atoms with Gasteiger partial charge in [0.15, 0.2) is 0 Å². The van der Waals surface area contributed by atoms with E-state index in [9.17, 15) is 0 Å². The standard InChI is InChI=1S/C13H30N4/c1-5-7-8-9-13(3,4)11-16-12(17-14)15-10-6-2/h5-11,14H2,1-4H3,(H2,15,16,17). The number of hydrogen-bond acceptors (Lipinski definition) is 2. The lowest BCUT2D eigenvalue weighted by Gasteiger charge is -2.22. The first kappa shape index (κ1) is 16.2. The van der Waals surface area contributed by atoms with Crippen molar-refractivity contribution < 1.29 is 0 Å². The molecule has 0 bridgehead atoms. The molecule has 0 aromatic carbocycles. The first-order chi connectivity index (χ1) is 8.05. The minimum absolute atomic E-state index is 0.255. The van der Waals surface area contributed by atoms with Gasteiger partial charge in [-0.3, -0.25) is 10.4 Å². The molecule has 0 aliphatic heterocycles. The second kappa shape index (κ2) is 9.28. The Hall–Kier alpha value is -0.770. The Bertz CT molecular complexity index is 211. The summed E-state index contributed by atoms with van der Waals surface area (Å²) in [6.45, 7) is 10.6. The molecule has 0 atom stereocenters. The zero-order valence-corrected chi connectivity index (χ0v) is 12.0. The Morgan fingerprint density at radius 2 is 1.88 bits per heavy atom. The molecule has 0 unspecified atom stereocenters. The molecule has 0 spiro atoms. The molecule has 17 heavy (non-hydrogen) atoms. The average molecular weight is 242 g/mol. The van der Waals surface area contributed by atoms with Gasteiger partial charge in [0.1, 0.15) is 0 Å². The third kappa shape index (κ3) is 8.98. The molecule has 0 aromatic heterocycles. The van der Waals surface area contributed by atoms with Crippen LogP contribution < -0.4 is 16.6 Å². The highest BCUT2D eigenvalue weighted by molar-refractivity contribution is 5.79. The number of nitrogens with one attached hydrogen (secondary N) is 2. The van der Waals surface area contributed by atoms with Crippen LogP contribution >= 0.6 is 0 Å². The van der Waals surface area contributed by atoms with Crippen LogP contribution in [0.15, 0.2) is 4.99 Å². The van der Waals surface area contributed by atoms with Crippen LogP contribution in [0.3, 0.4) is 0 Å². The lowest BCUT2D eigenvalue weighted by Crippen LogP contribution is -2.42. The van der Waals surface area contributed by atoms with Crippen LogP contribution in [0.2, 0.25) is 0 Å². The molecule has 4 heteroatoms. The normalized spacial score (nSPS) is 12.6. The number of hydrazine groups is 1. The van der Waals surface area contributed by atoms with Crippen molar-refractivity contribution in [1.29, 1.82) is 0 Å². The van der Waals surface area contributed by atoms with Gasteiger partial charge in [-0.25, -0.2) is 5.84 Å². The van der Waals surface area contributed by atoms with Crippen molar-refractivity contribution in [2.75, 3.05) is 13.1 Å². The SMILES string of the molecule is CCCCCC(C)(C)CN=C(NN)NCCC. The van der Waals surface area contributed by atoms with Gasteiger partial charge in [0.2, 0.25) is 5.96 Å². The lowest BCUT2D eigenvalue weighted by atomic mass is 9.87. The Morgan fingerprint density at radius 3 is 2.41 bits per heavy atom. The van der Waals surface area contributed by atoms with Crippen LogP contribution in [0.25, 0.3) is 0 Å². The molecule has 0 heterocycles. The highest BCUT2D eigenvalue weighted by Crippen LogP contribution is 2.23. The van der Waals surface area contributed by atoms with Crippen molar-refractivity contribution in [3.05, 3.63) is 0 Å². The zero-order chi connectivity index (χ0) is 13.1. The Kier molecular flexibility index (Phi) is 8.86. The van der Waals surface area contributed by atoms with E-state index in [1.807, 2.05) is 0 Å². The minimum atomic E-state index is 0.255. The highest BCUT2D eigenvalue weighted by Gasteiger charge is 2.16. The third-order valence-corrected chi connectivity index (χ3v) is 2.80. The molecular weight excluding hydrogens is 212 g/mol. The molecule has 0 amide bonds. The predicted molar refractivity (Wildman–Crippen MR) is 75.8 cm³/mol. The summed E-state index contributed by atoms with van der Waals surface area (Å²) in [4.78, 5) is 4.50. The van der Waals surface area contributed by atoms with E-state index in [0.717, 1.165) is 19.5 Å². The Labute approximate surface area is 106 Å². The van der Waals surface area contributed by atoms with E-state index < -0.39 is 0 Å². The van der Waals surface area contributed by atoms with Gasteiger partial charge >= 0.3 is 0 Å². The quantitative estimate of drug-likeness (QED) is 0.201. The molecule has 0 aliphatic rings. The number of hydrogen-bond donors (Lipinski definition) is 3. The molecule has 4 nitrogen and oxygen atoms in total. The van der Waals surface area contributed by atoms with E-state index in [4.69, 9.17) is 5.84 Å². The maximum absolute atomic E-state index is 5.42. The highest BCUT2D eigenvalue weighted by atomic mass is 15.3. The van der Waals surface area contributed by atoms with Gasteiger partial charge in [0.25, 0.3) is 0 Å². The Morgan fingerprint density at radius 1 is 1.18 bits per heavy atom. The first-order valence-electron chi connectivity index (χ1n) is 6.80. The van der Waals surface area contributed by atoms with Gasteiger partial charge in [-0.15, -0.1) is 0 Å². The molecule has 0 saturated heterocycles. The predicted octanol–water partition coefficient (Wildman–Crippen LogP) is 2.41. The summed E-state index contributed by atoms with van der Waals surface area (Å²) in [7, 11) is 0. The monoisotopic (exact) mass is 242 g/mol. The van der Waals surface area contributed by atoms with Crippen LogP contribution in [0.4, 0.5) is 0 Å². The molecule has 0 radical (unpaired) electrons. The molecule has 0 aromatic rings. The van der Waals surface area contributed by atoms with Gasteiger partial charge in [0.05, 0.1) is 0 Å². The second-order valence-electron chi connectivity index (χ2n) is 5.36. The maximum atomic E-state index is 5.42. The molecule has 0 aliphatic carbocycles. The van der Waals surface area contributed by atoms with Gasteiger partial charge in [-0.1, -0.05) is 47.0 Å². The summed E-state index contributed by atoms with van der Waals surface area (Å²) in [6.07, 6.45) is 6.15. The lowest BCUT2D eigenvalue weighted by molar-refractivity contribution is 0.332. The fourth-order valence-corrected chi connectivity index (χ4v) is 1.62. The van der Waals surface area contributed by atoms with Crippen molar-refractivity contribution in [3.63, 3.8) is 0 Å². The molecule has 0 saturated carbocycles. The van der Waals surface area contributed by atoms with Crippen LogP contribution in [0.1, 0.15) is 59.8 Å². The smallest absolute Gasteiger partial charge is 0.205 e. The second-order valence-corrected chi connectivity index (χ2v) is 5.36. The molecule has 102 valence electrons. The van der Waals surface area contributed by atoms with E-state index in [0.29, 0.717) is 5.96 Å². The van der Waals surface area contributed by atoms with Crippen molar-refractivity contribution in [3.8, 4) is 0 Å². The van der Waals surface area contributed by atoms with Gasteiger partial charge in [0, 0.05) is 13.1 Å². The van der Waals surface area contributed by atoms with E-state index in [2.05, 4.69) is 43.4 Å². The van der Waals surface area contributed by atoms with E-state index in [-0.39, 0.29) is 5.41 Å². The van der Waals surface area contributed by atoms with Crippen molar-refractivity contribution in [2.45, 2.75) is 59.8 Å².